The molecule has 4 fully saturated rings. The van der Waals surface area contributed by atoms with Crippen molar-refractivity contribution in [1.82, 2.24) is 36.8 Å². The van der Waals surface area contributed by atoms with E-state index in [1.54, 1.807) is 6.07 Å². The Morgan fingerprint density at radius 1 is 0.684 bits per heavy atom. The molecule has 4 saturated heterocycles. The van der Waals surface area contributed by atoms with Crippen molar-refractivity contribution in [2.45, 2.75) is 157 Å². The van der Waals surface area contributed by atoms with E-state index in [0.29, 0.717) is 35.4 Å². The van der Waals surface area contributed by atoms with Gasteiger partial charge in [0.15, 0.2) is 0 Å². The van der Waals surface area contributed by atoms with Gasteiger partial charge in [-0.25, -0.2) is 14.4 Å². The van der Waals surface area contributed by atoms with E-state index in [1.807, 2.05) is 42.6 Å². The third kappa shape index (κ3) is 15.2. The van der Waals surface area contributed by atoms with Gasteiger partial charge in [0, 0.05) is 54.5 Å². The van der Waals surface area contributed by atoms with E-state index >= 15 is 0 Å². The molecule has 0 radical (unpaired) electrons. The average molecular weight is 830 g/mol. The number of fused-ring (bicyclic) bond motifs is 2. The second-order valence-corrected chi connectivity index (χ2v) is 18.9. The molecule has 0 unspecified atom stereocenters. The van der Waals surface area contributed by atoms with Gasteiger partial charge in [-0.15, -0.1) is 0 Å². The number of aromatic carboxylic acids is 1. The van der Waals surface area contributed by atoms with Gasteiger partial charge in [0.25, 0.3) is 0 Å². The number of amides is 6. The summed E-state index contributed by atoms with van der Waals surface area (Å²) < 4.78 is 0. The quantitative estimate of drug-likeness (QED) is 0.0413. The van der Waals surface area contributed by atoms with Crippen LogP contribution < -0.4 is 31.9 Å². The molecule has 4 aliphatic rings. The molecule has 13 nitrogen and oxygen atoms in total. The van der Waals surface area contributed by atoms with Gasteiger partial charge in [-0.3, -0.25) is 14.5 Å². The standard InChI is InChI=1S/C42H67N7O6S2/c1-29-25-30(19-20-31(29)40(52)53)26-49(24-14-6-4-12-22-44-37(51)18-10-8-16-35-39-33(28-57-35)46-42(55)48-39)23-13-5-2-3-11-21-43-36(50)17-9-7-15-34-38-32(27-56-34)45-41(54)47-38/h19-20,25,32-35,38-39H,2-18,21-24,26-28H2,1H3,(H,43,50)(H,44,51)(H,52,53)(H2,45,47,54)(H2,46,48,55)/t32-,33-,34-,35-,38-,39-/m0/s1. The second-order valence-electron chi connectivity index (χ2n) is 16.3. The monoisotopic (exact) mass is 829 g/mol. The number of urea groups is 2. The van der Waals surface area contributed by atoms with Crippen LogP contribution in [0, 0.1) is 6.92 Å². The van der Waals surface area contributed by atoms with Crippen LogP contribution in [0.3, 0.4) is 0 Å². The largest absolute Gasteiger partial charge is 0.478 e. The Morgan fingerprint density at radius 2 is 1.18 bits per heavy atom. The summed E-state index contributed by atoms with van der Waals surface area (Å²) in [4.78, 5) is 61.9. The number of carbonyl (C=O) groups excluding carboxylic acids is 4. The molecule has 1 aromatic carbocycles. The fraction of sp³-hybridized carbons (Fsp3) is 0.738. The van der Waals surface area contributed by atoms with E-state index in [0.717, 1.165) is 145 Å². The van der Waals surface area contributed by atoms with Crippen molar-refractivity contribution in [2.24, 2.45) is 0 Å². The van der Waals surface area contributed by atoms with Crippen LogP contribution >= 0.6 is 23.5 Å². The predicted octanol–water partition coefficient (Wildman–Crippen LogP) is 5.69. The molecule has 1 aromatic rings. The fourth-order valence-electron chi connectivity index (χ4n) is 8.58. The Labute approximate surface area is 347 Å². The number of aryl methyl sites for hydroxylation is 1. The number of nitrogens with one attached hydrogen (secondary N) is 6. The van der Waals surface area contributed by atoms with Crippen molar-refractivity contribution in [3.05, 3.63) is 34.9 Å². The summed E-state index contributed by atoms with van der Waals surface area (Å²) in [6.07, 6.45) is 16.6. The lowest BCUT2D eigenvalue weighted by Crippen LogP contribution is -2.36. The van der Waals surface area contributed by atoms with E-state index in [-0.39, 0.29) is 48.0 Å². The van der Waals surface area contributed by atoms with Crippen molar-refractivity contribution in [3.63, 3.8) is 0 Å². The molecule has 318 valence electrons. The highest BCUT2D eigenvalue weighted by molar-refractivity contribution is 8.00. The summed E-state index contributed by atoms with van der Waals surface area (Å²) >= 11 is 3.84. The number of benzene rings is 1. The first kappa shape index (κ1) is 44.9. The Kier molecular flexibility index (Phi) is 18.9. The Balaban J connectivity index is 0.880. The zero-order valence-electron chi connectivity index (χ0n) is 33.9. The number of hydrogen-bond donors (Lipinski definition) is 7. The molecule has 6 amide bonds. The number of carbonyl (C=O) groups is 5. The number of carboxylic acids is 1. The lowest BCUT2D eigenvalue weighted by Gasteiger charge is -2.23. The van der Waals surface area contributed by atoms with Gasteiger partial charge in [0.2, 0.25) is 11.8 Å². The molecular weight excluding hydrogens is 763 g/mol. The van der Waals surface area contributed by atoms with Gasteiger partial charge in [-0.05, 0) is 88.6 Å². The normalized spacial score (nSPS) is 23.4. The average Bonchev–Trinajstić information content (AvgIpc) is 3.94. The second kappa shape index (κ2) is 24.0. The Bertz CT molecular complexity index is 1490. The van der Waals surface area contributed by atoms with Gasteiger partial charge < -0.3 is 37.0 Å². The Hall–Kier alpha value is -3.17. The SMILES string of the molecule is Cc1cc(CN(CCCCCCCNC(=O)CCCC[C@@H]2SC[C@@H]3NC(=O)N[C@@H]32)CCCCCCNC(=O)CCCC[C@@H]2SC[C@@H]3NC(=O)N[C@@H]32)ccc1C(=O)O. The fourth-order valence-corrected chi connectivity index (χ4v) is 11.7. The number of hydrogen-bond acceptors (Lipinski definition) is 8. The third-order valence-electron chi connectivity index (χ3n) is 11.8. The summed E-state index contributed by atoms with van der Waals surface area (Å²) in [5, 5.41) is 28.6. The maximum atomic E-state index is 12.4. The minimum absolute atomic E-state index is 0.0521. The maximum absolute atomic E-state index is 12.4. The minimum Gasteiger partial charge on any atom is -0.478 e. The zero-order valence-corrected chi connectivity index (χ0v) is 35.6. The summed E-state index contributed by atoms with van der Waals surface area (Å²) in [7, 11) is 0. The lowest BCUT2D eigenvalue weighted by molar-refractivity contribution is -0.122. The number of unbranched alkanes of at least 4 members (excludes halogenated alkanes) is 9. The van der Waals surface area contributed by atoms with Gasteiger partial charge >= 0.3 is 18.0 Å². The number of thioether (sulfide) groups is 2. The highest BCUT2D eigenvalue weighted by atomic mass is 32.2. The molecule has 0 spiro atoms. The molecule has 0 bridgehead atoms. The summed E-state index contributed by atoms with van der Waals surface area (Å²) in [6, 6.07) is 6.50. The van der Waals surface area contributed by atoms with Crippen LogP contribution in [0.15, 0.2) is 18.2 Å². The van der Waals surface area contributed by atoms with Crippen molar-refractivity contribution >= 4 is 53.4 Å². The molecule has 15 heteroatoms. The van der Waals surface area contributed by atoms with Crippen LogP contribution in [0.5, 0.6) is 0 Å². The van der Waals surface area contributed by atoms with Gasteiger partial charge in [-0.1, -0.05) is 57.1 Å². The van der Waals surface area contributed by atoms with Crippen LogP contribution in [-0.4, -0.2) is 112 Å². The van der Waals surface area contributed by atoms with Crippen LogP contribution in [0.2, 0.25) is 0 Å². The van der Waals surface area contributed by atoms with E-state index in [1.165, 1.54) is 0 Å². The highest BCUT2D eigenvalue weighted by Gasteiger charge is 2.43. The van der Waals surface area contributed by atoms with Crippen molar-refractivity contribution in [1.29, 1.82) is 0 Å². The number of nitrogens with zero attached hydrogens (tertiary/aromatic N) is 1. The molecule has 4 aliphatic heterocycles. The molecule has 4 heterocycles. The van der Waals surface area contributed by atoms with Crippen LogP contribution in [0.1, 0.15) is 131 Å². The van der Waals surface area contributed by atoms with E-state index in [9.17, 15) is 29.1 Å². The molecule has 5 rings (SSSR count). The third-order valence-corrected chi connectivity index (χ3v) is 14.8. The molecule has 0 saturated carbocycles. The maximum Gasteiger partial charge on any atom is 0.335 e. The first-order valence-corrected chi connectivity index (χ1v) is 23.7. The topological polar surface area (TPSA) is 181 Å². The smallest absolute Gasteiger partial charge is 0.335 e. The molecule has 7 N–H and O–H groups in total. The zero-order chi connectivity index (χ0) is 40.4. The molecule has 0 aliphatic carbocycles. The molecule has 0 aromatic heterocycles. The summed E-state index contributed by atoms with van der Waals surface area (Å²) in [5.41, 5.74) is 2.27. The van der Waals surface area contributed by atoms with E-state index < -0.39 is 5.97 Å². The first-order chi connectivity index (χ1) is 27.7. The minimum atomic E-state index is -0.894. The number of carboxylic acid groups (broad SMARTS) is 1. The van der Waals surface area contributed by atoms with Crippen molar-refractivity contribution in [2.75, 3.05) is 37.7 Å². The van der Waals surface area contributed by atoms with E-state index in [2.05, 4.69) is 36.8 Å². The first-order valence-electron chi connectivity index (χ1n) is 21.6. The van der Waals surface area contributed by atoms with E-state index in [4.69, 9.17) is 0 Å². The highest BCUT2D eigenvalue weighted by Crippen LogP contribution is 2.34. The molecule has 6 atom stereocenters. The Morgan fingerprint density at radius 3 is 1.67 bits per heavy atom. The van der Waals surface area contributed by atoms with Crippen LogP contribution in [0.4, 0.5) is 9.59 Å². The lowest BCUT2D eigenvalue weighted by atomic mass is 10.0. The van der Waals surface area contributed by atoms with Crippen LogP contribution in [-0.2, 0) is 16.1 Å². The summed E-state index contributed by atoms with van der Waals surface area (Å²) in [5.74, 6) is 1.30. The van der Waals surface area contributed by atoms with Crippen molar-refractivity contribution in [3.8, 4) is 0 Å². The van der Waals surface area contributed by atoms with Gasteiger partial charge in [0.1, 0.15) is 0 Å². The predicted molar refractivity (Wildman–Crippen MR) is 229 cm³/mol. The number of rotatable bonds is 28. The molecular formula is C42H67N7O6S2. The van der Waals surface area contributed by atoms with Gasteiger partial charge in [-0.2, -0.15) is 23.5 Å². The van der Waals surface area contributed by atoms with Crippen molar-refractivity contribution < 1.29 is 29.1 Å². The van der Waals surface area contributed by atoms with Gasteiger partial charge in [0.05, 0.1) is 29.7 Å². The molecule has 57 heavy (non-hydrogen) atoms. The van der Waals surface area contributed by atoms with Crippen LogP contribution in [0.25, 0.3) is 0 Å². The summed E-state index contributed by atoms with van der Waals surface area (Å²) in [6.45, 7) is 6.06.